The van der Waals surface area contributed by atoms with Gasteiger partial charge in [0.1, 0.15) is 5.58 Å². The first kappa shape index (κ1) is 17.4. The van der Waals surface area contributed by atoms with E-state index in [9.17, 15) is 4.79 Å². The Morgan fingerprint density at radius 3 is 2.41 bits per heavy atom. The van der Waals surface area contributed by atoms with Gasteiger partial charge in [0.15, 0.2) is 5.76 Å². The lowest BCUT2D eigenvalue weighted by Gasteiger charge is -2.08. The molecule has 1 heterocycles. The highest BCUT2D eigenvalue weighted by molar-refractivity contribution is 6.30. The Morgan fingerprint density at radius 1 is 0.963 bits per heavy atom. The zero-order valence-corrected chi connectivity index (χ0v) is 15.6. The molecule has 0 saturated carbocycles. The summed E-state index contributed by atoms with van der Waals surface area (Å²) in [6.07, 6.45) is 0. The fraction of sp³-hybridized carbons (Fsp3) is 0.0870. The van der Waals surface area contributed by atoms with E-state index in [2.05, 4.69) is 36.5 Å². The number of nitrogens with one attached hydrogen (secondary N) is 1. The molecule has 1 N–H and O–H groups in total. The Labute approximate surface area is 162 Å². The topological polar surface area (TPSA) is 42.2 Å². The largest absolute Gasteiger partial charge is 0.450 e. The maximum Gasteiger partial charge on any atom is 0.230 e. The smallest absolute Gasteiger partial charge is 0.230 e. The van der Waals surface area contributed by atoms with Gasteiger partial charge in [-0.25, -0.2) is 0 Å². The molecule has 0 spiro atoms. The maximum atomic E-state index is 13.0. The van der Waals surface area contributed by atoms with E-state index in [-0.39, 0.29) is 5.78 Å². The Hall–Kier alpha value is -3.04. The summed E-state index contributed by atoms with van der Waals surface area (Å²) in [6.45, 7) is 2.66. The molecule has 0 aliphatic heterocycles. The van der Waals surface area contributed by atoms with Crippen molar-refractivity contribution in [2.75, 3.05) is 5.32 Å². The minimum Gasteiger partial charge on any atom is -0.450 e. The number of carbonyl (C=O) groups excluding carboxylic acids is 1. The van der Waals surface area contributed by atoms with E-state index in [1.54, 1.807) is 24.3 Å². The molecule has 3 nitrogen and oxygen atoms in total. The molecule has 1 aromatic heterocycles. The predicted octanol–water partition coefficient (Wildman–Crippen LogP) is 6.24. The Balaban J connectivity index is 1.71. The van der Waals surface area contributed by atoms with Crippen LogP contribution >= 0.6 is 11.6 Å². The standard InChI is InChI=1S/C23H18ClNO2/c1-15-6-8-16(9-7-15)14-25-21-19-4-2-3-5-20(19)27-23(21)22(26)17-10-12-18(24)13-11-17/h2-13,25H,14H2,1H3. The zero-order valence-electron chi connectivity index (χ0n) is 14.8. The van der Waals surface area contributed by atoms with Gasteiger partial charge < -0.3 is 9.73 Å². The summed E-state index contributed by atoms with van der Waals surface area (Å²) in [7, 11) is 0. The number of furan rings is 1. The summed E-state index contributed by atoms with van der Waals surface area (Å²) >= 11 is 5.94. The molecule has 0 atom stereocenters. The zero-order chi connectivity index (χ0) is 18.8. The fourth-order valence-corrected chi connectivity index (χ4v) is 3.14. The maximum absolute atomic E-state index is 13.0. The van der Waals surface area contributed by atoms with E-state index in [0.29, 0.717) is 34.2 Å². The van der Waals surface area contributed by atoms with Crippen molar-refractivity contribution in [3.63, 3.8) is 0 Å². The van der Waals surface area contributed by atoms with Crippen molar-refractivity contribution >= 4 is 34.0 Å². The van der Waals surface area contributed by atoms with E-state index in [4.69, 9.17) is 16.0 Å². The third-order valence-corrected chi connectivity index (χ3v) is 4.75. The normalized spacial score (nSPS) is 10.9. The van der Waals surface area contributed by atoms with Gasteiger partial charge in [0.2, 0.25) is 5.78 Å². The second kappa shape index (κ2) is 7.29. The highest BCUT2D eigenvalue weighted by Gasteiger charge is 2.21. The summed E-state index contributed by atoms with van der Waals surface area (Å²) in [5.41, 5.74) is 4.28. The van der Waals surface area contributed by atoms with Gasteiger partial charge in [-0.1, -0.05) is 53.6 Å². The van der Waals surface area contributed by atoms with Crippen LogP contribution in [0.5, 0.6) is 0 Å². The molecule has 0 bridgehead atoms. The van der Waals surface area contributed by atoms with E-state index < -0.39 is 0 Å². The van der Waals surface area contributed by atoms with E-state index in [1.807, 2.05) is 24.3 Å². The molecule has 0 amide bonds. The van der Waals surface area contributed by atoms with Crippen LogP contribution in [0, 0.1) is 6.92 Å². The highest BCUT2D eigenvalue weighted by Crippen LogP contribution is 2.33. The van der Waals surface area contributed by atoms with Crippen LogP contribution in [0.25, 0.3) is 11.0 Å². The van der Waals surface area contributed by atoms with Crippen LogP contribution in [0.15, 0.2) is 77.2 Å². The van der Waals surface area contributed by atoms with Gasteiger partial charge in [-0.05, 0) is 48.9 Å². The number of aryl methyl sites for hydroxylation is 1. The van der Waals surface area contributed by atoms with Crippen molar-refractivity contribution < 1.29 is 9.21 Å². The number of rotatable bonds is 5. The minimum absolute atomic E-state index is 0.172. The Bertz CT molecular complexity index is 1100. The van der Waals surface area contributed by atoms with Crippen molar-refractivity contribution in [1.82, 2.24) is 0 Å². The molecular weight excluding hydrogens is 358 g/mol. The summed E-state index contributed by atoms with van der Waals surface area (Å²) in [5.74, 6) is 0.139. The third kappa shape index (κ3) is 3.60. The molecule has 0 saturated heterocycles. The van der Waals surface area contributed by atoms with Crippen LogP contribution in [-0.4, -0.2) is 5.78 Å². The lowest BCUT2D eigenvalue weighted by Crippen LogP contribution is -2.06. The lowest BCUT2D eigenvalue weighted by molar-refractivity contribution is 0.101. The Morgan fingerprint density at radius 2 is 1.67 bits per heavy atom. The number of ketones is 1. The number of hydrogen-bond acceptors (Lipinski definition) is 3. The minimum atomic E-state index is -0.172. The molecule has 134 valence electrons. The molecule has 4 rings (SSSR count). The summed E-state index contributed by atoms with van der Waals surface area (Å²) in [5, 5.41) is 4.88. The summed E-state index contributed by atoms with van der Waals surface area (Å²) in [6, 6.07) is 22.8. The van der Waals surface area contributed by atoms with Crippen LogP contribution < -0.4 is 5.32 Å². The molecular formula is C23H18ClNO2. The molecule has 4 aromatic rings. The van der Waals surface area contributed by atoms with Crippen molar-refractivity contribution in [3.8, 4) is 0 Å². The van der Waals surface area contributed by atoms with Gasteiger partial charge in [0.05, 0.1) is 5.69 Å². The number of anilines is 1. The average Bonchev–Trinajstić information content (AvgIpc) is 3.06. The van der Waals surface area contributed by atoms with Gasteiger partial charge in [-0.2, -0.15) is 0 Å². The number of hydrogen-bond donors (Lipinski definition) is 1. The van der Waals surface area contributed by atoms with E-state index in [0.717, 1.165) is 10.9 Å². The van der Waals surface area contributed by atoms with Crippen LogP contribution in [0.4, 0.5) is 5.69 Å². The second-order valence-electron chi connectivity index (χ2n) is 6.48. The van der Waals surface area contributed by atoms with Gasteiger partial charge in [0.25, 0.3) is 0 Å². The number of carbonyl (C=O) groups is 1. The van der Waals surface area contributed by atoms with Gasteiger partial charge in [-0.15, -0.1) is 0 Å². The third-order valence-electron chi connectivity index (χ3n) is 4.50. The van der Waals surface area contributed by atoms with Gasteiger partial charge in [-0.3, -0.25) is 4.79 Å². The number of fused-ring (bicyclic) bond motifs is 1. The Kier molecular flexibility index (Phi) is 4.69. The van der Waals surface area contributed by atoms with Crippen molar-refractivity contribution in [2.45, 2.75) is 13.5 Å². The summed E-state index contributed by atoms with van der Waals surface area (Å²) < 4.78 is 5.91. The van der Waals surface area contributed by atoms with Crippen molar-refractivity contribution in [1.29, 1.82) is 0 Å². The SMILES string of the molecule is Cc1ccc(CNc2c(C(=O)c3ccc(Cl)cc3)oc3ccccc23)cc1. The van der Waals surface area contributed by atoms with Crippen LogP contribution in [-0.2, 0) is 6.54 Å². The number of benzene rings is 3. The molecule has 0 radical (unpaired) electrons. The average molecular weight is 376 g/mol. The van der Waals surface area contributed by atoms with Crippen molar-refractivity contribution in [2.24, 2.45) is 0 Å². The first-order valence-corrected chi connectivity index (χ1v) is 9.11. The van der Waals surface area contributed by atoms with E-state index >= 15 is 0 Å². The van der Waals surface area contributed by atoms with Crippen LogP contribution in [0.3, 0.4) is 0 Å². The highest BCUT2D eigenvalue weighted by atomic mass is 35.5. The first-order valence-electron chi connectivity index (χ1n) is 8.73. The second-order valence-corrected chi connectivity index (χ2v) is 6.91. The molecule has 27 heavy (non-hydrogen) atoms. The molecule has 0 fully saturated rings. The molecule has 4 heteroatoms. The first-order chi connectivity index (χ1) is 13.1. The van der Waals surface area contributed by atoms with E-state index in [1.165, 1.54) is 5.56 Å². The fourth-order valence-electron chi connectivity index (χ4n) is 3.01. The number of para-hydroxylation sites is 1. The van der Waals surface area contributed by atoms with Crippen LogP contribution in [0.1, 0.15) is 27.2 Å². The van der Waals surface area contributed by atoms with Crippen molar-refractivity contribution in [3.05, 3.63) is 100 Å². The molecule has 3 aromatic carbocycles. The number of halogens is 1. The quantitative estimate of drug-likeness (QED) is 0.420. The predicted molar refractivity (Wildman–Crippen MR) is 110 cm³/mol. The summed E-state index contributed by atoms with van der Waals surface area (Å²) in [4.78, 5) is 13.0. The molecule has 0 aliphatic carbocycles. The lowest BCUT2D eigenvalue weighted by atomic mass is 10.1. The van der Waals surface area contributed by atoms with Crippen LogP contribution in [0.2, 0.25) is 5.02 Å². The molecule has 0 aliphatic rings. The van der Waals surface area contributed by atoms with Gasteiger partial charge in [0, 0.05) is 22.5 Å². The molecule has 0 unspecified atom stereocenters. The monoisotopic (exact) mass is 375 g/mol. The van der Waals surface area contributed by atoms with Gasteiger partial charge >= 0.3 is 0 Å².